The predicted octanol–water partition coefficient (Wildman–Crippen LogP) is 8.99. The van der Waals surface area contributed by atoms with Crippen molar-refractivity contribution in [3.05, 3.63) is 47.9 Å². The van der Waals surface area contributed by atoms with E-state index in [0.717, 1.165) is 76.8 Å². The molecule has 4 aromatic heterocycles. The van der Waals surface area contributed by atoms with Crippen LogP contribution < -0.4 is 4.90 Å². The van der Waals surface area contributed by atoms with E-state index in [-0.39, 0.29) is 24.1 Å². The summed E-state index contributed by atoms with van der Waals surface area (Å²) in [5.41, 5.74) is 3.94. The lowest BCUT2D eigenvalue weighted by atomic mass is 9.88. The van der Waals surface area contributed by atoms with Crippen LogP contribution in [-0.2, 0) is 14.2 Å². The van der Waals surface area contributed by atoms with Crippen molar-refractivity contribution in [3.8, 4) is 21.8 Å². The molecule has 2 fully saturated rings. The molecule has 0 aromatic carbocycles. The maximum atomic E-state index is 13.3. The lowest BCUT2D eigenvalue weighted by Crippen LogP contribution is -2.48. The van der Waals surface area contributed by atoms with Crippen LogP contribution in [0.25, 0.3) is 27.5 Å². The molecule has 14 heteroatoms. The summed E-state index contributed by atoms with van der Waals surface area (Å²) in [6, 6.07) is 8.69. The lowest BCUT2D eigenvalue weighted by molar-refractivity contribution is 0.00569. The molecule has 2 aliphatic rings. The van der Waals surface area contributed by atoms with Crippen LogP contribution in [0.1, 0.15) is 58.1 Å². The summed E-state index contributed by atoms with van der Waals surface area (Å²) in [7, 11) is -2.54. The third kappa shape index (κ3) is 9.67. The van der Waals surface area contributed by atoms with Crippen molar-refractivity contribution in [2.45, 2.75) is 121 Å². The Morgan fingerprint density at radius 1 is 0.942 bits per heavy atom. The fourth-order valence-corrected chi connectivity index (χ4v) is 9.07. The summed E-state index contributed by atoms with van der Waals surface area (Å²) in [5, 5.41) is 7.78. The minimum atomic E-state index is -1.27. The van der Waals surface area contributed by atoms with Gasteiger partial charge in [0.15, 0.2) is 5.65 Å². The Labute approximate surface area is 315 Å². The molecule has 2 aliphatic heterocycles. The number of piperidine rings is 1. The Morgan fingerprint density at radius 3 is 2.13 bits per heavy atom. The summed E-state index contributed by atoms with van der Waals surface area (Å²) in [6.07, 6.45) is 9.01. The van der Waals surface area contributed by atoms with Crippen molar-refractivity contribution in [1.82, 2.24) is 29.5 Å². The van der Waals surface area contributed by atoms with Crippen molar-refractivity contribution >= 4 is 45.0 Å². The number of nitrogens with zero attached hydrogens (tertiary/aromatic N) is 7. The summed E-state index contributed by atoms with van der Waals surface area (Å²) in [6.45, 7) is 22.2. The summed E-state index contributed by atoms with van der Waals surface area (Å²) in [4.78, 5) is 32.0. The fraction of sp³-hybridized carbons (Fsp3) is 0.605. The number of hydrogen-bond acceptors (Lipinski definition) is 10. The van der Waals surface area contributed by atoms with Crippen LogP contribution in [0.15, 0.2) is 42.2 Å². The zero-order chi connectivity index (χ0) is 37.3. The Bertz CT molecular complexity index is 1760. The molecule has 282 valence electrons. The molecule has 4 aromatic rings. The fourth-order valence-electron chi connectivity index (χ4n) is 6.94. The van der Waals surface area contributed by atoms with Gasteiger partial charge in [0.2, 0.25) is 0 Å². The first-order valence-electron chi connectivity index (χ1n) is 18.7. The van der Waals surface area contributed by atoms with Crippen molar-refractivity contribution in [3.63, 3.8) is 0 Å². The predicted molar refractivity (Wildman–Crippen MR) is 215 cm³/mol. The number of rotatable bonds is 14. The maximum absolute atomic E-state index is 13.3. The van der Waals surface area contributed by atoms with Crippen LogP contribution in [0, 0.1) is 0 Å². The SMILES string of the molecule is CC(C)(C)OC(=O)N1[C@@H]2CC[C@H]1CC(c1cc(N(COCC[Si](C)(C)C)COCC[Si](C)(C)C)n3ncc(-c4ccc(-c5nccs5)nc4)c3n1)C2. The van der Waals surface area contributed by atoms with Crippen LogP contribution in [0.3, 0.4) is 0 Å². The van der Waals surface area contributed by atoms with Crippen LogP contribution in [-0.4, -0.2) is 96.1 Å². The summed E-state index contributed by atoms with van der Waals surface area (Å²) in [5.74, 6) is 1.07. The van der Waals surface area contributed by atoms with E-state index in [9.17, 15) is 4.79 Å². The summed E-state index contributed by atoms with van der Waals surface area (Å²) >= 11 is 1.57. The van der Waals surface area contributed by atoms with Crippen molar-refractivity contribution in [1.29, 1.82) is 0 Å². The van der Waals surface area contributed by atoms with Gasteiger partial charge in [-0.25, -0.2) is 14.8 Å². The van der Waals surface area contributed by atoms with E-state index in [4.69, 9.17) is 29.3 Å². The van der Waals surface area contributed by atoms with Gasteiger partial charge in [-0.3, -0.25) is 4.98 Å². The molecule has 2 bridgehead atoms. The van der Waals surface area contributed by atoms with Crippen LogP contribution >= 0.6 is 11.3 Å². The number of fused-ring (bicyclic) bond motifs is 3. The highest BCUT2D eigenvalue weighted by Gasteiger charge is 2.45. The second kappa shape index (κ2) is 15.7. The third-order valence-electron chi connectivity index (χ3n) is 9.77. The lowest BCUT2D eigenvalue weighted by Gasteiger charge is -2.39. The number of anilines is 1. The highest BCUT2D eigenvalue weighted by Crippen LogP contribution is 2.44. The molecule has 0 aliphatic carbocycles. The minimum Gasteiger partial charge on any atom is -0.444 e. The molecule has 6 heterocycles. The van der Waals surface area contributed by atoms with E-state index < -0.39 is 21.7 Å². The molecule has 0 radical (unpaired) electrons. The number of carbonyl (C=O) groups is 1. The average molecular weight is 764 g/mol. The number of amides is 1. The van der Waals surface area contributed by atoms with Gasteiger partial charge in [-0.05, 0) is 64.6 Å². The second-order valence-corrected chi connectivity index (χ2v) is 29.9. The van der Waals surface area contributed by atoms with Crippen LogP contribution in [0.2, 0.25) is 51.4 Å². The van der Waals surface area contributed by atoms with E-state index in [1.165, 1.54) is 0 Å². The van der Waals surface area contributed by atoms with Gasteiger partial charge in [0.25, 0.3) is 0 Å². The zero-order valence-corrected chi connectivity index (χ0v) is 35.3. The molecule has 0 saturated carbocycles. The number of carbonyl (C=O) groups excluding carboxylic acids is 1. The molecule has 52 heavy (non-hydrogen) atoms. The maximum Gasteiger partial charge on any atom is 0.410 e. The average Bonchev–Trinajstić information content (AvgIpc) is 3.80. The molecule has 3 atom stereocenters. The van der Waals surface area contributed by atoms with Gasteiger partial charge in [-0.15, -0.1) is 11.3 Å². The van der Waals surface area contributed by atoms with Gasteiger partial charge < -0.3 is 24.0 Å². The third-order valence-corrected chi connectivity index (χ3v) is 14.0. The van der Waals surface area contributed by atoms with Crippen molar-refractivity contribution in [2.75, 3.05) is 31.6 Å². The van der Waals surface area contributed by atoms with Gasteiger partial charge in [0.1, 0.15) is 29.9 Å². The van der Waals surface area contributed by atoms with Gasteiger partial charge in [-0.2, -0.15) is 9.61 Å². The number of hydrogen-bond donors (Lipinski definition) is 0. The first-order valence-corrected chi connectivity index (χ1v) is 27.0. The van der Waals surface area contributed by atoms with E-state index in [2.05, 4.69) is 61.3 Å². The highest BCUT2D eigenvalue weighted by molar-refractivity contribution is 7.13. The van der Waals surface area contributed by atoms with E-state index in [1.54, 1.807) is 17.5 Å². The van der Waals surface area contributed by atoms with Crippen molar-refractivity contribution in [2.24, 2.45) is 0 Å². The Kier molecular flexibility index (Phi) is 11.6. The van der Waals surface area contributed by atoms with Crippen LogP contribution in [0.4, 0.5) is 10.6 Å². The number of thiazole rings is 1. The molecular weight excluding hydrogens is 707 g/mol. The monoisotopic (exact) mass is 763 g/mol. The minimum absolute atomic E-state index is 0.123. The Morgan fingerprint density at radius 2 is 1.60 bits per heavy atom. The zero-order valence-electron chi connectivity index (χ0n) is 32.5. The number of pyridine rings is 1. The van der Waals surface area contributed by atoms with Crippen molar-refractivity contribution < 1.29 is 19.0 Å². The van der Waals surface area contributed by atoms with E-state index in [0.29, 0.717) is 26.7 Å². The van der Waals surface area contributed by atoms with Gasteiger partial charge >= 0.3 is 6.09 Å². The molecule has 1 amide bonds. The molecule has 1 unspecified atom stereocenters. The second-order valence-electron chi connectivity index (χ2n) is 17.8. The molecule has 6 rings (SSSR count). The Balaban J connectivity index is 1.36. The highest BCUT2D eigenvalue weighted by atomic mass is 32.1. The number of ether oxygens (including phenoxy) is 3. The van der Waals surface area contributed by atoms with Gasteiger partial charge in [0, 0.05) is 88.0 Å². The van der Waals surface area contributed by atoms with Crippen LogP contribution in [0.5, 0.6) is 0 Å². The largest absolute Gasteiger partial charge is 0.444 e. The Hall–Kier alpha value is -3.18. The topological polar surface area (TPSA) is 107 Å². The standard InChI is InChI=1S/C38H57N7O4SSi2/c1-38(2,3)49-37(46)44-29-11-12-30(44)21-28(20-29)33-22-34(43(25-47-15-18-51(4,5)6)26-48-16-19-52(7,8)9)45-35(42-33)31(24-41-45)27-10-13-32(40-23-27)36-39-14-17-50-36/h10,13-14,17,22-24,28-30H,11-12,15-16,18-21,25-26H2,1-9H3/t28?,29-,30+. The molecule has 2 saturated heterocycles. The quantitative estimate of drug-likeness (QED) is 0.0707. The van der Waals surface area contributed by atoms with Gasteiger partial charge in [-0.1, -0.05) is 45.3 Å². The van der Waals surface area contributed by atoms with E-state index >= 15 is 0 Å². The molecule has 0 spiro atoms. The first kappa shape index (κ1) is 38.5. The molecule has 11 nitrogen and oxygen atoms in total. The van der Waals surface area contributed by atoms with Gasteiger partial charge in [0.05, 0.1) is 11.9 Å². The smallest absolute Gasteiger partial charge is 0.410 e. The summed E-state index contributed by atoms with van der Waals surface area (Å²) < 4.78 is 20.5. The number of aromatic nitrogens is 5. The first-order chi connectivity index (χ1) is 24.5. The van der Waals surface area contributed by atoms with E-state index in [1.807, 2.05) is 54.0 Å². The normalized spacial score (nSPS) is 19.4. The molecule has 0 N–H and O–H groups in total. The molecular formula is C38H57N7O4SSi2.